The summed E-state index contributed by atoms with van der Waals surface area (Å²) in [7, 11) is -3.40. The van der Waals surface area contributed by atoms with Crippen LogP contribution in [0.5, 0.6) is 0 Å². The van der Waals surface area contributed by atoms with Crippen LogP contribution >= 0.6 is 11.3 Å². The zero-order valence-electron chi connectivity index (χ0n) is 14.5. The van der Waals surface area contributed by atoms with Crippen LogP contribution in [0.3, 0.4) is 0 Å². The first kappa shape index (κ1) is 19.6. The third-order valence-electron chi connectivity index (χ3n) is 3.58. The number of sulfonamides is 1. The molecule has 0 fully saturated rings. The topological polar surface area (TPSA) is 75.3 Å². The van der Waals surface area contributed by atoms with E-state index in [2.05, 4.69) is 10.0 Å². The minimum absolute atomic E-state index is 0.0378. The Balaban J connectivity index is 1.92. The molecule has 0 spiro atoms. The van der Waals surface area contributed by atoms with Gasteiger partial charge in [0.25, 0.3) is 0 Å². The third-order valence-corrected chi connectivity index (χ3v) is 5.83. The molecule has 2 rings (SSSR count). The molecule has 0 bridgehead atoms. The lowest BCUT2D eigenvalue weighted by atomic mass is 10.1. The maximum absolute atomic E-state index is 12.1. The van der Waals surface area contributed by atoms with Gasteiger partial charge < -0.3 is 5.32 Å². The summed E-state index contributed by atoms with van der Waals surface area (Å²) in [5.74, 6) is -0.129. The Morgan fingerprint density at radius 2 is 1.88 bits per heavy atom. The predicted molar refractivity (Wildman–Crippen MR) is 102 cm³/mol. The van der Waals surface area contributed by atoms with Gasteiger partial charge >= 0.3 is 0 Å². The molecule has 0 saturated carbocycles. The molecule has 0 aliphatic carbocycles. The number of hydrogen-bond acceptors (Lipinski definition) is 4. The maximum atomic E-state index is 12.1. The molecule has 2 N–H and O–H groups in total. The monoisotopic (exact) mass is 380 g/mol. The number of hydrogen-bond donors (Lipinski definition) is 2. The summed E-state index contributed by atoms with van der Waals surface area (Å²) < 4.78 is 26.9. The van der Waals surface area contributed by atoms with Crippen molar-refractivity contribution in [3.05, 3.63) is 57.8 Å². The van der Waals surface area contributed by atoms with Gasteiger partial charge in [0, 0.05) is 19.0 Å². The van der Waals surface area contributed by atoms with Gasteiger partial charge in [-0.1, -0.05) is 24.3 Å². The normalized spacial score (nSPS) is 11.6. The Hall–Kier alpha value is -1.70. The number of carbonyl (C=O) groups is 1. The number of amides is 1. The molecule has 1 heterocycles. The highest BCUT2D eigenvalue weighted by Crippen LogP contribution is 2.13. The van der Waals surface area contributed by atoms with E-state index in [-0.39, 0.29) is 17.7 Å². The molecule has 0 atom stereocenters. The highest BCUT2D eigenvalue weighted by molar-refractivity contribution is 7.88. The van der Waals surface area contributed by atoms with E-state index in [9.17, 15) is 13.2 Å². The van der Waals surface area contributed by atoms with E-state index in [1.54, 1.807) is 31.3 Å². The van der Waals surface area contributed by atoms with E-state index in [4.69, 9.17) is 0 Å². The van der Waals surface area contributed by atoms with Gasteiger partial charge in [-0.2, -0.15) is 11.3 Å². The average Bonchev–Trinajstić information content (AvgIpc) is 3.04. The van der Waals surface area contributed by atoms with E-state index in [1.165, 1.54) is 0 Å². The van der Waals surface area contributed by atoms with E-state index in [1.807, 2.05) is 35.0 Å². The first-order valence-electron chi connectivity index (χ1n) is 8.20. The van der Waals surface area contributed by atoms with Gasteiger partial charge in [-0.3, -0.25) is 4.79 Å². The van der Waals surface area contributed by atoms with Gasteiger partial charge in [-0.05, 0) is 53.8 Å². The van der Waals surface area contributed by atoms with Crippen molar-refractivity contribution in [2.75, 3.05) is 0 Å². The summed E-state index contributed by atoms with van der Waals surface area (Å²) >= 11 is 1.62. The minimum atomic E-state index is -3.40. The molecule has 0 aliphatic rings. The summed E-state index contributed by atoms with van der Waals surface area (Å²) in [5, 5.41) is 6.91. The second-order valence-electron chi connectivity index (χ2n) is 6.21. The minimum Gasteiger partial charge on any atom is -0.352 e. The van der Waals surface area contributed by atoms with Crippen molar-refractivity contribution in [1.29, 1.82) is 0 Å². The summed E-state index contributed by atoms with van der Waals surface area (Å²) in [6.07, 6.45) is 1.13. The van der Waals surface area contributed by atoms with Crippen LogP contribution in [0.25, 0.3) is 0 Å². The SMILES string of the molecule is CC(C)NS(=O)(=O)Cc1ccccc1CNC(=O)CCc1ccsc1. The Morgan fingerprint density at radius 1 is 1.16 bits per heavy atom. The quantitative estimate of drug-likeness (QED) is 0.702. The highest BCUT2D eigenvalue weighted by Gasteiger charge is 2.15. The molecule has 1 aromatic heterocycles. The molecule has 136 valence electrons. The summed E-state index contributed by atoms with van der Waals surface area (Å²) in [6, 6.07) is 9.15. The molecule has 0 unspecified atom stereocenters. The molecular formula is C18H24N2O3S2. The van der Waals surface area contributed by atoms with Gasteiger partial charge in [-0.15, -0.1) is 0 Å². The van der Waals surface area contributed by atoms with Crippen LogP contribution in [-0.4, -0.2) is 20.4 Å². The highest BCUT2D eigenvalue weighted by atomic mass is 32.2. The van der Waals surface area contributed by atoms with Crippen LogP contribution in [-0.2, 0) is 33.5 Å². The summed E-state index contributed by atoms with van der Waals surface area (Å²) in [6.45, 7) is 3.91. The number of thiophene rings is 1. The fourth-order valence-electron chi connectivity index (χ4n) is 2.45. The summed E-state index contributed by atoms with van der Waals surface area (Å²) in [5.41, 5.74) is 2.68. The van der Waals surface area contributed by atoms with Crippen LogP contribution < -0.4 is 10.0 Å². The Bertz CT molecular complexity index is 784. The molecule has 25 heavy (non-hydrogen) atoms. The van der Waals surface area contributed by atoms with E-state index in [0.717, 1.165) is 11.1 Å². The van der Waals surface area contributed by atoms with Gasteiger partial charge in [0.05, 0.1) is 5.75 Å². The van der Waals surface area contributed by atoms with E-state index >= 15 is 0 Å². The molecule has 0 radical (unpaired) electrons. The molecule has 0 saturated heterocycles. The van der Waals surface area contributed by atoms with Crippen LogP contribution in [0.1, 0.15) is 37.0 Å². The van der Waals surface area contributed by atoms with Crippen molar-refractivity contribution in [2.45, 2.75) is 45.0 Å². The van der Waals surface area contributed by atoms with Gasteiger partial charge in [-0.25, -0.2) is 13.1 Å². The van der Waals surface area contributed by atoms with Crippen molar-refractivity contribution in [3.8, 4) is 0 Å². The predicted octanol–water partition coefficient (Wildman–Crippen LogP) is 2.82. The zero-order chi connectivity index (χ0) is 18.3. The fraction of sp³-hybridized carbons (Fsp3) is 0.389. The molecule has 5 nitrogen and oxygen atoms in total. The average molecular weight is 381 g/mol. The summed E-state index contributed by atoms with van der Waals surface area (Å²) in [4.78, 5) is 12.0. The lowest BCUT2D eigenvalue weighted by molar-refractivity contribution is -0.121. The fourth-order valence-corrected chi connectivity index (χ4v) is 4.65. The lowest BCUT2D eigenvalue weighted by Gasteiger charge is -2.13. The number of carbonyl (C=O) groups excluding carboxylic acids is 1. The van der Waals surface area contributed by atoms with Crippen LogP contribution in [0.15, 0.2) is 41.1 Å². The van der Waals surface area contributed by atoms with Crippen LogP contribution in [0.2, 0.25) is 0 Å². The Kier molecular flexibility index (Phi) is 7.16. The molecule has 1 aromatic carbocycles. The lowest BCUT2D eigenvalue weighted by Crippen LogP contribution is -2.32. The second-order valence-corrected chi connectivity index (χ2v) is 8.74. The second kappa shape index (κ2) is 9.12. The van der Waals surface area contributed by atoms with Crippen molar-refractivity contribution in [2.24, 2.45) is 0 Å². The molecule has 2 aromatic rings. The first-order chi connectivity index (χ1) is 11.9. The number of rotatable bonds is 9. The number of nitrogens with one attached hydrogen (secondary N) is 2. The number of benzene rings is 1. The third kappa shape index (κ3) is 6.97. The molecule has 1 amide bonds. The maximum Gasteiger partial charge on any atom is 0.220 e. The largest absolute Gasteiger partial charge is 0.352 e. The molecule has 7 heteroatoms. The van der Waals surface area contributed by atoms with Crippen LogP contribution in [0, 0.1) is 0 Å². The van der Waals surface area contributed by atoms with Crippen molar-refractivity contribution in [3.63, 3.8) is 0 Å². The van der Waals surface area contributed by atoms with Crippen LogP contribution in [0.4, 0.5) is 0 Å². The standard InChI is InChI=1S/C18H24N2O3S2/c1-14(2)20-25(22,23)13-17-6-4-3-5-16(17)11-19-18(21)8-7-15-9-10-24-12-15/h3-6,9-10,12,14,20H,7-8,11,13H2,1-2H3,(H,19,21). The Morgan fingerprint density at radius 3 is 2.52 bits per heavy atom. The Labute approximate surface area is 153 Å². The zero-order valence-corrected chi connectivity index (χ0v) is 16.1. The van der Waals surface area contributed by atoms with Gasteiger partial charge in [0.1, 0.15) is 0 Å². The first-order valence-corrected chi connectivity index (χ1v) is 10.8. The van der Waals surface area contributed by atoms with Gasteiger partial charge in [0.15, 0.2) is 0 Å². The smallest absolute Gasteiger partial charge is 0.220 e. The van der Waals surface area contributed by atoms with Crippen molar-refractivity contribution < 1.29 is 13.2 Å². The number of aryl methyl sites for hydroxylation is 1. The van der Waals surface area contributed by atoms with E-state index in [0.29, 0.717) is 24.9 Å². The molecular weight excluding hydrogens is 356 g/mol. The van der Waals surface area contributed by atoms with Gasteiger partial charge in [0.2, 0.25) is 15.9 Å². The molecule has 0 aliphatic heterocycles. The van der Waals surface area contributed by atoms with Crippen molar-refractivity contribution in [1.82, 2.24) is 10.0 Å². The van der Waals surface area contributed by atoms with Crippen molar-refractivity contribution >= 4 is 27.3 Å². The van der Waals surface area contributed by atoms with E-state index < -0.39 is 10.0 Å².